The fraction of sp³-hybridized carbons (Fsp3) is 0.0508. The van der Waals surface area contributed by atoms with Gasteiger partial charge in [-0.1, -0.05) is 184 Å². The quantitative estimate of drug-likeness (QED) is 0.117. The van der Waals surface area contributed by atoms with Gasteiger partial charge >= 0.3 is 0 Å². The molecule has 0 radical (unpaired) electrons. The van der Waals surface area contributed by atoms with E-state index in [1.165, 1.54) is 98.7 Å². The molecule has 0 N–H and O–H groups in total. The van der Waals surface area contributed by atoms with Crippen molar-refractivity contribution >= 4 is 54.7 Å². The van der Waals surface area contributed by atoms with Gasteiger partial charge in [-0.25, -0.2) is 0 Å². The minimum absolute atomic E-state index is 0.175. The SMILES string of the molecule is C=C(C=Cc1ccccc1)c1cc(-c2ccc3c(c2)C(C)(C)c2cc(-c4ccc5ccccc5c4)ccc2-3)cc(-c2cc3c4ccccc4ccc3c3ccccc23)c1. The highest BCUT2D eigenvalue weighted by Crippen LogP contribution is 2.51. The van der Waals surface area contributed by atoms with Gasteiger partial charge in [0.2, 0.25) is 0 Å². The molecule has 0 heteroatoms. The Balaban J connectivity index is 1.06. The van der Waals surface area contributed by atoms with Crippen LogP contribution < -0.4 is 0 Å². The molecule has 0 aromatic heterocycles. The van der Waals surface area contributed by atoms with Gasteiger partial charge in [0, 0.05) is 5.41 Å². The molecule has 10 aromatic rings. The molecule has 10 aromatic carbocycles. The Morgan fingerprint density at radius 2 is 0.949 bits per heavy atom. The van der Waals surface area contributed by atoms with E-state index in [0.717, 1.165) is 16.7 Å². The molecule has 0 saturated heterocycles. The van der Waals surface area contributed by atoms with Gasteiger partial charge in [0.05, 0.1) is 0 Å². The largest absolute Gasteiger partial charge is 0.0912 e. The van der Waals surface area contributed by atoms with E-state index >= 15 is 0 Å². The predicted molar refractivity (Wildman–Crippen MR) is 255 cm³/mol. The number of allylic oxidation sites excluding steroid dienone is 2. The maximum absolute atomic E-state index is 4.63. The van der Waals surface area contributed by atoms with Crippen molar-refractivity contribution in [1.82, 2.24) is 0 Å². The molecule has 59 heavy (non-hydrogen) atoms. The average Bonchev–Trinajstić information content (AvgIpc) is 3.52. The van der Waals surface area contributed by atoms with Crippen LogP contribution in [0.25, 0.3) is 99.2 Å². The lowest BCUT2D eigenvalue weighted by atomic mass is 9.80. The molecule has 0 bridgehead atoms. The van der Waals surface area contributed by atoms with Crippen molar-refractivity contribution in [1.29, 1.82) is 0 Å². The second-order valence-corrected chi connectivity index (χ2v) is 16.6. The Kier molecular flexibility index (Phi) is 8.10. The standard InChI is InChI=1S/C59H42/c1-38(21-22-39-13-5-4-6-14-39)46-32-47(34-48(33-46)55-37-56-49-18-10-9-16-41(49)25-28-52(56)50-19-11-12-20-51(50)55)45-27-30-54-53-29-26-44(35-57(53)59(2,3)58(54)36-45)43-24-23-40-15-7-8-17-42(40)31-43/h4-37H,1H2,2-3H3. The summed E-state index contributed by atoms with van der Waals surface area (Å²) in [6.45, 7) is 9.40. The summed E-state index contributed by atoms with van der Waals surface area (Å²) >= 11 is 0. The fourth-order valence-electron chi connectivity index (χ4n) is 9.56. The lowest BCUT2D eigenvalue weighted by molar-refractivity contribution is 0.661. The van der Waals surface area contributed by atoms with E-state index < -0.39 is 0 Å². The third-order valence-corrected chi connectivity index (χ3v) is 12.8. The van der Waals surface area contributed by atoms with E-state index in [0.29, 0.717) is 0 Å². The second kappa shape index (κ2) is 13.7. The van der Waals surface area contributed by atoms with Gasteiger partial charge < -0.3 is 0 Å². The summed E-state index contributed by atoms with van der Waals surface area (Å²) in [5, 5.41) is 10.1. The Labute approximate surface area is 346 Å². The van der Waals surface area contributed by atoms with Crippen LogP contribution in [0.2, 0.25) is 0 Å². The number of hydrogen-bond acceptors (Lipinski definition) is 0. The Bertz CT molecular complexity index is 3360. The van der Waals surface area contributed by atoms with E-state index in [4.69, 9.17) is 0 Å². The van der Waals surface area contributed by atoms with Gasteiger partial charge in [-0.05, 0) is 158 Å². The van der Waals surface area contributed by atoms with Crippen LogP contribution in [0, 0.1) is 0 Å². The molecule has 278 valence electrons. The van der Waals surface area contributed by atoms with Crippen LogP contribution in [-0.4, -0.2) is 0 Å². The molecular weight excluding hydrogens is 709 g/mol. The van der Waals surface area contributed by atoms with Gasteiger partial charge in [-0.2, -0.15) is 0 Å². The van der Waals surface area contributed by atoms with Gasteiger partial charge in [-0.3, -0.25) is 0 Å². The van der Waals surface area contributed by atoms with E-state index in [9.17, 15) is 0 Å². The number of rotatable bonds is 6. The normalized spacial score (nSPS) is 13.1. The summed E-state index contributed by atoms with van der Waals surface area (Å²) in [7, 11) is 0. The molecule has 1 aliphatic rings. The van der Waals surface area contributed by atoms with Crippen LogP contribution in [0.5, 0.6) is 0 Å². The van der Waals surface area contributed by atoms with Crippen molar-refractivity contribution in [3.8, 4) is 44.5 Å². The van der Waals surface area contributed by atoms with Crippen molar-refractivity contribution < 1.29 is 0 Å². The van der Waals surface area contributed by atoms with Crippen LogP contribution in [-0.2, 0) is 5.41 Å². The van der Waals surface area contributed by atoms with Gasteiger partial charge in [-0.15, -0.1) is 0 Å². The smallest absolute Gasteiger partial charge is 0.0159 e. The Hall–Kier alpha value is -7.28. The molecule has 0 nitrogen and oxygen atoms in total. The number of hydrogen-bond donors (Lipinski definition) is 0. The molecule has 11 rings (SSSR count). The predicted octanol–water partition coefficient (Wildman–Crippen LogP) is 16.3. The fourth-order valence-corrected chi connectivity index (χ4v) is 9.56. The summed E-state index contributed by atoms with van der Waals surface area (Å²) in [5.74, 6) is 0. The lowest BCUT2D eigenvalue weighted by Crippen LogP contribution is -2.15. The van der Waals surface area contributed by atoms with Crippen molar-refractivity contribution in [2.45, 2.75) is 19.3 Å². The third-order valence-electron chi connectivity index (χ3n) is 12.8. The number of fused-ring (bicyclic) bond motifs is 9. The molecular formula is C59H42. The van der Waals surface area contributed by atoms with Crippen LogP contribution in [0.3, 0.4) is 0 Å². The van der Waals surface area contributed by atoms with E-state index in [2.05, 4.69) is 227 Å². The second-order valence-electron chi connectivity index (χ2n) is 16.6. The summed E-state index contributed by atoms with van der Waals surface area (Å²) in [6, 6.07) is 71.7. The molecule has 0 atom stereocenters. The molecule has 0 unspecified atom stereocenters. The zero-order chi connectivity index (χ0) is 39.7. The van der Waals surface area contributed by atoms with Crippen molar-refractivity contribution in [2.24, 2.45) is 0 Å². The highest BCUT2D eigenvalue weighted by atomic mass is 14.4. The van der Waals surface area contributed by atoms with E-state index in [1.54, 1.807) is 0 Å². The zero-order valence-corrected chi connectivity index (χ0v) is 33.3. The lowest BCUT2D eigenvalue weighted by Gasteiger charge is -2.23. The maximum atomic E-state index is 4.63. The first-order chi connectivity index (χ1) is 28.9. The van der Waals surface area contributed by atoms with Crippen LogP contribution in [0.15, 0.2) is 207 Å². The summed E-state index contributed by atoms with van der Waals surface area (Å²) in [6.07, 6.45) is 4.31. The van der Waals surface area contributed by atoms with E-state index in [1.807, 2.05) is 0 Å². The monoisotopic (exact) mass is 750 g/mol. The molecule has 1 aliphatic carbocycles. The summed E-state index contributed by atoms with van der Waals surface area (Å²) in [4.78, 5) is 0. The molecule has 0 spiro atoms. The minimum Gasteiger partial charge on any atom is -0.0912 e. The Morgan fingerprint density at radius 1 is 0.390 bits per heavy atom. The van der Waals surface area contributed by atoms with Gasteiger partial charge in [0.25, 0.3) is 0 Å². The first-order valence-corrected chi connectivity index (χ1v) is 20.6. The van der Waals surface area contributed by atoms with Crippen molar-refractivity contribution in [3.05, 3.63) is 229 Å². The average molecular weight is 751 g/mol. The van der Waals surface area contributed by atoms with Crippen LogP contribution in [0.1, 0.15) is 36.1 Å². The maximum Gasteiger partial charge on any atom is 0.0159 e. The van der Waals surface area contributed by atoms with E-state index in [-0.39, 0.29) is 5.41 Å². The molecule has 0 amide bonds. The summed E-state index contributed by atoms with van der Waals surface area (Å²) < 4.78 is 0. The van der Waals surface area contributed by atoms with Crippen LogP contribution >= 0.6 is 0 Å². The third kappa shape index (κ3) is 5.91. The highest BCUT2D eigenvalue weighted by Gasteiger charge is 2.36. The van der Waals surface area contributed by atoms with Crippen molar-refractivity contribution in [2.75, 3.05) is 0 Å². The molecule has 0 aliphatic heterocycles. The number of benzene rings is 10. The molecule has 0 fully saturated rings. The topological polar surface area (TPSA) is 0 Å². The summed E-state index contributed by atoms with van der Waals surface area (Å²) in [5.41, 5.74) is 15.7. The first-order valence-electron chi connectivity index (χ1n) is 20.6. The Morgan fingerprint density at radius 3 is 1.71 bits per heavy atom. The minimum atomic E-state index is -0.175. The highest BCUT2D eigenvalue weighted by molar-refractivity contribution is 6.21. The van der Waals surface area contributed by atoms with Crippen molar-refractivity contribution in [3.63, 3.8) is 0 Å². The first kappa shape index (κ1) is 34.9. The van der Waals surface area contributed by atoms with Gasteiger partial charge in [0.15, 0.2) is 0 Å². The zero-order valence-electron chi connectivity index (χ0n) is 33.3. The van der Waals surface area contributed by atoms with Crippen LogP contribution in [0.4, 0.5) is 0 Å². The molecule has 0 heterocycles. The van der Waals surface area contributed by atoms with Gasteiger partial charge in [0.1, 0.15) is 0 Å². The molecule has 0 saturated carbocycles.